The molecule has 2 aromatic carbocycles. The average Bonchev–Trinajstić information content (AvgIpc) is 2.85. The summed E-state index contributed by atoms with van der Waals surface area (Å²) in [6, 6.07) is 17.2. The summed E-state index contributed by atoms with van der Waals surface area (Å²) in [4.78, 5) is 26.1. The van der Waals surface area contributed by atoms with Crippen LogP contribution in [0, 0.1) is 0 Å². The zero-order valence-electron chi connectivity index (χ0n) is 12.9. The number of rotatable bonds is 4. The van der Waals surface area contributed by atoms with Crippen LogP contribution in [0.4, 0.5) is 0 Å². The largest absolute Gasteiger partial charge is 0.390 e. The van der Waals surface area contributed by atoms with E-state index in [-0.39, 0.29) is 5.78 Å². The molecule has 1 N–H and O–H groups in total. The van der Waals surface area contributed by atoms with Crippen LogP contribution in [-0.4, -0.2) is 47.3 Å². The molecule has 1 heterocycles. The molecule has 0 radical (unpaired) electrons. The lowest BCUT2D eigenvalue weighted by molar-refractivity contribution is -0.113. The number of aldehydes is 1. The van der Waals surface area contributed by atoms with Gasteiger partial charge in [-0.1, -0.05) is 60.7 Å². The molecule has 0 spiro atoms. The van der Waals surface area contributed by atoms with Crippen molar-refractivity contribution in [1.29, 1.82) is 0 Å². The van der Waals surface area contributed by atoms with Crippen LogP contribution in [0.15, 0.2) is 60.7 Å². The lowest BCUT2D eigenvalue weighted by Gasteiger charge is -2.25. The topological polar surface area (TPSA) is 57.6 Å². The maximum absolute atomic E-state index is 13.0. The molecule has 0 bridgehead atoms. The van der Waals surface area contributed by atoms with Crippen LogP contribution in [0.2, 0.25) is 0 Å². The number of hydrogen-bond donors (Lipinski definition) is 1. The van der Waals surface area contributed by atoms with Crippen LogP contribution in [-0.2, 0) is 4.79 Å². The van der Waals surface area contributed by atoms with Crippen molar-refractivity contribution in [2.24, 2.45) is 0 Å². The Morgan fingerprint density at radius 3 is 2.17 bits per heavy atom. The summed E-state index contributed by atoms with van der Waals surface area (Å²) in [6.45, 7) is 0. The van der Waals surface area contributed by atoms with Crippen molar-refractivity contribution in [3.8, 4) is 0 Å². The summed E-state index contributed by atoms with van der Waals surface area (Å²) < 4.78 is 0. The minimum absolute atomic E-state index is 0.0784. The van der Waals surface area contributed by atoms with Crippen LogP contribution in [0.1, 0.15) is 21.8 Å². The molecule has 1 aliphatic heterocycles. The van der Waals surface area contributed by atoms with Gasteiger partial charge in [-0.25, -0.2) is 0 Å². The fraction of sp³-hybridized carbons (Fsp3) is 0.263. The number of nitrogens with zero attached hydrogens (tertiary/aromatic N) is 1. The highest BCUT2D eigenvalue weighted by atomic mass is 16.3. The van der Waals surface area contributed by atoms with Crippen LogP contribution < -0.4 is 0 Å². The Kier molecular flexibility index (Phi) is 4.37. The number of likely N-dealkylation sites (N-methyl/N-ethyl adjacent to an activating group) is 1. The van der Waals surface area contributed by atoms with Crippen LogP contribution >= 0.6 is 0 Å². The fourth-order valence-electron chi connectivity index (χ4n) is 3.43. The minimum atomic E-state index is -0.905. The second-order valence-corrected chi connectivity index (χ2v) is 5.89. The number of carbonyl (C=O) groups is 2. The average molecular weight is 309 g/mol. The van der Waals surface area contributed by atoms with Gasteiger partial charge in [-0.3, -0.25) is 9.69 Å². The van der Waals surface area contributed by atoms with E-state index in [0.717, 1.165) is 11.8 Å². The van der Waals surface area contributed by atoms with Crippen molar-refractivity contribution in [3.05, 3.63) is 71.8 Å². The lowest BCUT2D eigenvalue weighted by Crippen LogP contribution is -2.40. The summed E-state index contributed by atoms with van der Waals surface area (Å²) in [7, 11) is 1.72. The molecule has 4 heteroatoms. The number of hydrogen-bond acceptors (Lipinski definition) is 4. The van der Waals surface area contributed by atoms with E-state index in [2.05, 4.69) is 0 Å². The van der Waals surface area contributed by atoms with Crippen LogP contribution in [0.3, 0.4) is 0 Å². The van der Waals surface area contributed by atoms with Gasteiger partial charge in [0.15, 0.2) is 5.78 Å². The number of ketones is 1. The first-order chi connectivity index (χ1) is 11.1. The van der Waals surface area contributed by atoms with E-state index in [1.165, 1.54) is 0 Å². The van der Waals surface area contributed by atoms with Crippen molar-refractivity contribution in [3.63, 3.8) is 0 Å². The highest BCUT2D eigenvalue weighted by Crippen LogP contribution is 2.37. The van der Waals surface area contributed by atoms with E-state index in [0.29, 0.717) is 5.56 Å². The number of aliphatic hydroxyl groups excluding tert-OH is 1. The van der Waals surface area contributed by atoms with Crippen LogP contribution in [0.25, 0.3) is 0 Å². The number of likely N-dealkylation sites (tertiary alicyclic amines) is 1. The maximum Gasteiger partial charge on any atom is 0.180 e. The molecular weight excluding hydrogens is 290 g/mol. The Balaban J connectivity index is 2.04. The Morgan fingerprint density at radius 1 is 1.04 bits per heavy atom. The van der Waals surface area contributed by atoms with Gasteiger partial charge in [0.25, 0.3) is 0 Å². The summed E-state index contributed by atoms with van der Waals surface area (Å²) in [5, 5.41) is 10.6. The van der Waals surface area contributed by atoms with Crippen molar-refractivity contribution < 1.29 is 14.7 Å². The molecule has 1 aliphatic rings. The molecular formula is C19H19NO3. The third kappa shape index (κ3) is 2.71. The molecule has 23 heavy (non-hydrogen) atoms. The van der Waals surface area contributed by atoms with Crippen molar-refractivity contribution >= 4 is 12.1 Å². The highest BCUT2D eigenvalue weighted by Gasteiger charge is 2.50. The number of Topliss-reactive ketones (excluding diaryl/α,β-unsaturated/α-hetero) is 1. The maximum atomic E-state index is 13.0. The monoisotopic (exact) mass is 309 g/mol. The molecule has 1 fully saturated rings. The van der Waals surface area contributed by atoms with Gasteiger partial charge in [0.1, 0.15) is 6.29 Å². The molecule has 0 aliphatic carbocycles. The number of benzene rings is 2. The quantitative estimate of drug-likeness (QED) is 0.692. The molecule has 3 unspecified atom stereocenters. The molecule has 3 rings (SSSR count). The fourth-order valence-corrected chi connectivity index (χ4v) is 3.43. The van der Waals surface area contributed by atoms with Crippen LogP contribution in [0.5, 0.6) is 0 Å². The van der Waals surface area contributed by atoms with Gasteiger partial charge < -0.3 is 9.90 Å². The van der Waals surface area contributed by atoms with Gasteiger partial charge in [0.05, 0.1) is 18.2 Å². The predicted octanol–water partition coefficient (Wildman–Crippen LogP) is 1.90. The summed E-state index contributed by atoms with van der Waals surface area (Å²) in [5.41, 5.74) is 1.45. The van der Waals surface area contributed by atoms with E-state index in [1.807, 2.05) is 48.5 Å². The Bertz CT molecular complexity index is 686. The molecule has 0 saturated carbocycles. The van der Waals surface area contributed by atoms with Gasteiger partial charge in [-0.15, -0.1) is 0 Å². The Morgan fingerprint density at radius 2 is 1.61 bits per heavy atom. The number of aliphatic hydroxyl groups is 1. The van der Waals surface area contributed by atoms with E-state index in [9.17, 15) is 14.7 Å². The molecule has 1 saturated heterocycles. The van der Waals surface area contributed by atoms with Gasteiger partial charge in [-0.2, -0.15) is 0 Å². The first kappa shape index (κ1) is 15.6. The summed E-state index contributed by atoms with van der Waals surface area (Å²) >= 11 is 0. The van der Waals surface area contributed by atoms with Gasteiger partial charge in [0.2, 0.25) is 0 Å². The van der Waals surface area contributed by atoms with Crippen molar-refractivity contribution in [1.82, 2.24) is 4.90 Å². The Labute approximate surface area is 135 Å². The van der Waals surface area contributed by atoms with E-state index < -0.39 is 24.1 Å². The zero-order valence-corrected chi connectivity index (χ0v) is 12.9. The zero-order chi connectivity index (χ0) is 16.4. The van der Waals surface area contributed by atoms with E-state index in [4.69, 9.17) is 0 Å². The molecule has 2 aromatic rings. The number of carbonyl (C=O) groups excluding carboxylic acids is 2. The van der Waals surface area contributed by atoms with E-state index in [1.54, 1.807) is 24.1 Å². The third-order valence-corrected chi connectivity index (χ3v) is 4.62. The summed E-state index contributed by atoms with van der Waals surface area (Å²) in [5.74, 6) is -0.505. The first-order valence-corrected chi connectivity index (χ1v) is 7.64. The second-order valence-electron chi connectivity index (χ2n) is 5.89. The van der Waals surface area contributed by atoms with Gasteiger partial charge in [-0.05, 0) is 12.6 Å². The molecule has 0 amide bonds. The summed E-state index contributed by atoms with van der Waals surface area (Å²) in [6.07, 6.45) is -0.184. The standard InChI is InChI=1S/C19H19NO3/c1-20-15(12-21)19(23)16(13-8-4-2-5-9-13)17(20)18(22)14-10-6-3-7-11-14/h2-12,15-17,19,23H,1H3/t15?,16?,17-,19?/m0/s1. The van der Waals surface area contributed by atoms with E-state index >= 15 is 0 Å². The van der Waals surface area contributed by atoms with Gasteiger partial charge >= 0.3 is 0 Å². The van der Waals surface area contributed by atoms with Crippen molar-refractivity contribution in [2.45, 2.75) is 24.1 Å². The SMILES string of the molecule is CN1C(C=O)C(O)C(c2ccccc2)[C@H]1C(=O)c1ccccc1. The molecule has 4 nitrogen and oxygen atoms in total. The lowest BCUT2D eigenvalue weighted by atomic mass is 9.85. The third-order valence-electron chi connectivity index (χ3n) is 4.62. The highest BCUT2D eigenvalue weighted by molar-refractivity contribution is 6.01. The smallest absolute Gasteiger partial charge is 0.180 e. The molecule has 118 valence electrons. The molecule has 4 atom stereocenters. The predicted molar refractivity (Wildman–Crippen MR) is 87.4 cm³/mol. The van der Waals surface area contributed by atoms with Gasteiger partial charge in [0, 0.05) is 11.5 Å². The first-order valence-electron chi connectivity index (χ1n) is 7.64. The second kappa shape index (κ2) is 6.44. The minimum Gasteiger partial charge on any atom is -0.390 e. The normalized spacial score (nSPS) is 27.7. The Hall–Kier alpha value is -2.30. The molecule has 0 aromatic heterocycles. The van der Waals surface area contributed by atoms with Crippen molar-refractivity contribution in [2.75, 3.05) is 7.05 Å².